The number of hydrogen-bond donors (Lipinski definition) is 0. The Morgan fingerprint density at radius 2 is 1.94 bits per heavy atom. The lowest BCUT2D eigenvalue weighted by atomic mass is 10.1. The monoisotopic (exact) mass is 302 g/mol. The smallest absolute Gasteiger partial charge is 0.327 e. The van der Waals surface area contributed by atoms with Crippen LogP contribution in [0.1, 0.15) is 19.3 Å². The molecule has 1 aromatic rings. The first kappa shape index (κ1) is 12.3. The van der Waals surface area contributed by atoms with Crippen LogP contribution in [0.25, 0.3) is 0 Å². The number of nitro benzene ring substituents is 1. The van der Waals surface area contributed by atoms with Gasteiger partial charge in [-0.1, -0.05) is 15.9 Å². The molecule has 1 aliphatic heterocycles. The van der Waals surface area contributed by atoms with Crippen molar-refractivity contribution < 1.29 is 9.31 Å². The van der Waals surface area contributed by atoms with Gasteiger partial charge in [-0.05, 0) is 31.4 Å². The second kappa shape index (κ2) is 5.00. The Balaban J connectivity index is 2.46. The molecule has 0 N–H and O–H groups in total. The van der Waals surface area contributed by atoms with E-state index in [1.54, 1.807) is 6.07 Å². The second-order valence-electron chi connectivity index (χ2n) is 4.06. The molecule has 0 spiro atoms. The van der Waals surface area contributed by atoms with E-state index in [9.17, 15) is 14.5 Å². The van der Waals surface area contributed by atoms with Crippen LogP contribution in [0.2, 0.25) is 0 Å². The van der Waals surface area contributed by atoms with Gasteiger partial charge in [0.15, 0.2) is 0 Å². The molecule has 0 atom stereocenters. The van der Waals surface area contributed by atoms with Crippen LogP contribution >= 0.6 is 15.9 Å². The quantitative estimate of drug-likeness (QED) is 0.620. The molecule has 0 radical (unpaired) electrons. The zero-order valence-electron chi connectivity index (χ0n) is 9.16. The van der Waals surface area contributed by atoms with Gasteiger partial charge in [-0.15, -0.1) is 0 Å². The molecule has 1 saturated heterocycles. The van der Waals surface area contributed by atoms with Crippen molar-refractivity contribution in [2.45, 2.75) is 19.3 Å². The van der Waals surface area contributed by atoms with Crippen LogP contribution in [-0.2, 0) is 0 Å². The summed E-state index contributed by atoms with van der Waals surface area (Å²) in [4.78, 5) is 12.2. The lowest BCUT2D eigenvalue weighted by Crippen LogP contribution is -2.30. The molecule has 0 aliphatic carbocycles. The Bertz CT molecular complexity index is 447. The number of hydrogen-bond acceptors (Lipinski definition) is 3. The highest BCUT2D eigenvalue weighted by Crippen LogP contribution is 2.35. The Morgan fingerprint density at radius 3 is 2.53 bits per heavy atom. The molecule has 0 aromatic heterocycles. The van der Waals surface area contributed by atoms with E-state index in [4.69, 9.17) is 0 Å². The molecule has 2 rings (SSSR count). The van der Waals surface area contributed by atoms with Crippen molar-refractivity contribution in [3.63, 3.8) is 0 Å². The highest BCUT2D eigenvalue weighted by molar-refractivity contribution is 9.10. The van der Waals surface area contributed by atoms with Crippen LogP contribution in [0, 0.1) is 15.9 Å². The van der Waals surface area contributed by atoms with Crippen LogP contribution in [0.5, 0.6) is 0 Å². The van der Waals surface area contributed by atoms with Gasteiger partial charge in [-0.25, -0.2) is 0 Å². The van der Waals surface area contributed by atoms with Gasteiger partial charge >= 0.3 is 5.69 Å². The molecule has 17 heavy (non-hydrogen) atoms. The first-order valence-electron chi connectivity index (χ1n) is 5.48. The summed E-state index contributed by atoms with van der Waals surface area (Å²) in [5.41, 5.74) is -0.0447. The molecular formula is C11H12BrFN2O2. The third kappa shape index (κ3) is 2.57. The Hall–Kier alpha value is -1.17. The first-order valence-corrected chi connectivity index (χ1v) is 6.27. The summed E-state index contributed by atoms with van der Waals surface area (Å²) in [6.45, 7) is 1.49. The van der Waals surface area contributed by atoms with Crippen molar-refractivity contribution >= 4 is 27.3 Å². The zero-order valence-corrected chi connectivity index (χ0v) is 10.7. The molecule has 1 heterocycles. The Labute approximate surface area is 107 Å². The van der Waals surface area contributed by atoms with Crippen molar-refractivity contribution in [2.75, 3.05) is 18.0 Å². The summed E-state index contributed by atoms with van der Waals surface area (Å²) in [7, 11) is 0. The van der Waals surface area contributed by atoms with Gasteiger partial charge in [-0.2, -0.15) is 4.39 Å². The van der Waals surface area contributed by atoms with Gasteiger partial charge in [0.05, 0.1) is 4.92 Å². The second-order valence-corrected chi connectivity index (χ2v) is 4.98. The summed E-state index contributed by atoms with van der Waals surface area (Å²) < 4.78 is 14.1. The first-order chi connectivity index (χ1) is 8.09. The van der Waals surface area contributed by atoms with Crippen LogP contribution < -0.4 is 4.90 Å². The van der Waals surface area contributed by atoms with E-state index in [-0.39, 0.29) is 0 Å². The van der Waals surface area contributed by atoms with E-state index in [0.29, 0.717) is 10.2 Å². The van der Waals surface area contributed by atoms with E-state index < -0.39 is 16.4 Å². The maximum Gasteiger partial charge on any atom is 0.327 e. The highest BCUT2D eigenvalue weighted by atomic mass is 79.9. The van der Waals surface area contributed by atoms with Gasteiger partial charge in [0.1, 0.15) is 5.69 Å². The lowest BCUT2D eigenvalue weighted by molar-refractivity contribution is -0.386. The van der Waals surface area contributed by atoms with Gasteiger partial charge in [0.25, 0.3) is 0 Å². The van der Waals surface area contributed by atoms with Crippen LogP contribution in [-0.4, -0.2) is 18.0 Å². The van der Waals surface area contributed by atoms with Crippen molar-refractivity contribution in [3.8, 4) is 0 Å². The van der Waals surface area contributed by atoms with Crippen LogP contribution in [0.3, 0.4) is 0 Å². The molecule has 4 nitrogen and oxygen atoms in total. The predicted molar refractivity (Wildman–Crippen MR) is 66.8 cm³/mol. The fourth-order valence-corrected chi connectivity index (χ4v) is 2.53. The topological polar surface area (TPSA) is 46.4 Å². The van der Waals surface area contributed by atoms with E-state index in [1.807, 2.05) is 4.90 Å². The number of benzene rings is 1. The molecule has 6 heteroatoms. The standard InChI is InChI=1S/C11H12BrFN2O2/c12-8-6-9(13)11(15(16)17)10(7-8)14-4-2-1-3-5-14/h6-7H,1-5H2. The van der Waals surface area contributed by atoms with Gasteiger partial charge in [0.2, 0.25) is 5.82 Å². The number of rotatable bonds is 2. The average Bonchev–Trinajstić information content (AvgIpc) is 2.28. The summed E-state index contributed by atoms with van der Waals surface area (Å²) >= 11 is 3.17. The number of halogens is 2. The summed E-state index contributed by atoms with van der Waals surface area (Å²) in [5.74, 6) is -0.787. The molecule has 0 bridgehead atoms. The number of anilines is 1. The SMILES string of the molecule is O=[N+]([O-])c1c(F)cc(Br)cc1N1CCCCC1. The minimum atomic E-state index is -0.787. The largest absolute Gasteiger partial charge is 0.366 e. The van der Waals surface area contributed by atoms with E-state index >= 15 is 0 Å². The van der Waals surface area contributed by atoms with Crippen molar-refractivity contribution in [1.82, 2.24) is 0 Å². The summed E-state index contributed by atoms with van der Waals surface area (Å²) in [6.07, 6.45) is 3.11. The third-order valence-corrected chi connectivity index (χ3v) is 3.35. The Kier molecular flexibility index (Phi) is 3.61. The summed E-state index contributed by atoms with van der Waals surface area (Å²) in [6, 6.07) is 2.75. The minimum Gasteiger partial charge on any atom is -0.366 e. The van der Waals surface area contributed by atoms with Gasteiger partial charge in [0, 0.05) is 17.6 Å². The fraction of sp³-hybridized carbons (Fsp3) is 0.455. The Morgan fingerprint density at radius 1 is 1.29 bits per heavy atom. The number of piperidine rings is 1. The zero-order chi connectivity index (χ0) is 12.4. The maximum atomic E-state index is 13.6. The molecule has 0 amide bonds. The molecule has 1 aromatic carbocycles. The molecule has 1 fully saturated rings. The van der Waals surface area contributed by atoms with Gasteiger partial charge < -0.3 is 4.90 Å². The molecule has 1 aliphatic rings. The number of nitrogens with zero attached hydrogens (tertiary/aromatic N) is 2. The van der Waals surface area contributed by atoms with Crippen molar-refractivity contribution in [3.05, 3.63) is 32.5 Å². The molecule has 0 saturated carbocycles. The predicted octanol–water partition coefficient (Wildman–Crippen LogP) is 3.49. The highest BCUT2D eigenvalue weighted by Gasteiger charge is 2.26. The van der Waals surface area contributed by atoms with Crippen molar-refractivity contribution in [1.29, 1.82) is 0 Å². The van der Waals surface area contributed by atoms with Crippen LogP contribution in [0.4, 0.5) is 15.8 Å². The summed E-state index contributed by atoms with van der Waals surface area (Å²) in [5, 5.41) is 10.9. The third-order valence-electron chi connectivity index (χ3n) is 2.89. The fourth-order valence-electron chi connectivity index (χ4n) is 2.11. The normalized spacial score (nSPS) is 16.0. The van der Waals surface area contributed by atoms with E-state index in [0.717, 1.165) is 38.4 Å². The van der Waals surface area contributed by atoms with E-state index in [1.165, 1.54) is 0 Å². The molecular weight excluding hydrogens is 291 g/mol. The molecule has 92 valence electrons. The lowest BCUT2D eigenvalue weighted by Gasteiger charge is -2.28. The van der Waals surface area contributed by atoms with Gasteiger partial charge in [-0.3, -0.25) is 10.1 Å². The molecule has 0 unspecified atom stereocenters. The maximum absolute atomic E-state index is 13.6. The average molecular weight is 303 g/mol. The number of nitro groups is 1. The van der Waals surface area contributed by atoms with E-state index in [2.05, 4.69) is 15.9 Å². The van der Waals surface area contributed by atoms with Crippen molar-refractivity contribution in [2.24, 2.45) is 0 Å². The minimum absolute atomic E-state index is 0.376. The van der Waals surface area contributed by atoms with Crippen LogP contribution in [0.15, 0.2) is 16.6 Å².